The van der Waals surface area contributed by atoms with E-state index >= 15 is 0 Å². The summed E-state index contributed by atoms with van der Waals surface area (Å²) in [4.78, 5) is 8.54. The second kappa shape index (κ2) is 8.48. The van der Waals surface area contributed by atoms with Crippen LogP contribution in [0.15, 0.2) is 29.3 Å². The number of benzene rings is 1. The molecule has 0 aliphatic carbocycles. The molecule has 0 aromatic heterocycles. The molecular formula is C19H32N4O3S. The van der Waals surface area contributed by atoms with Crippen molar-refractivity contribution in [2.45, 2.75) is 24.6 Å². The summed E-state index contributed by atoms with van der Waals surface area (Å²) >= 11 is 0. The van der Waals surface area contributed by atoms with Crippen LogP contribution in [0.4, 0.5) is 0 Å². The zero-order chi connectivity index (χ0) is 20.2. The Labute approximate surface area is 163 Å². The number of ether oxygens (including phenoxy) is 1. The molecule has 1 heterocycles. The Bertz CT molecular complexity index is 775. The van der Waals surface area contributed by atoms with Crippen LogP contribution in [-0.4, -0.2) is 82.6 Å². The number of likely N-dealkylation sites (N-methyl/N-ethyl adjacent to an activating group) is 1. The van der Waals surface area contributed by atoms with Crippen molar-refractivity contribution in [3.8, 4) is 5.75 Å². The lowest BCUT2D eigenvalue weighted by Gasteiger charge is -2.39. The van der Waals surface area contributed by atoms with Crippen LogP contribution < -0.4 is 10.1 Å². The smallest absolute Gasteiger partial charge is 0.193 e. The van der Waals surface area contributed by atoms with Crippen LogP contribution in [0.3, 0.4) is 0 Å². The van der Waals surface area contributed by atoms with Crippen molar-refractivity contribution in [2.24, 2.45) is 4.99 Å². The van der Waals surface area contributed by atoms with Gasteiger partial charge in [-0.15, -0.1) is 0 Å². The number of hydrogen-bond donors (Lipinski definition) is 1. The zero-order valence-electron chi connectivity index (χ0n) is 17.2. The zero-order valence-corrected chi connectivity index (χ0v) is 18.0. The lowest BCUT2D eigenvalue weighted by molar-refractivity contribution is 0.290. The second-order valence-corrected chi connectivity index (χ2v) is 10.4. The standard InChI is InChI=1S/C19H32N4O3S/c1-19(2)14-23(10-11-27(19,24)25)18(20-3)21-13-17(22(4)5)15-8-7-9-16(12-15)26-6/h7-9,12,17H,10-11,13-14H2,1-6H3,(H,20,21). The first-order valence-corrected chi connectivity index (χ1v) is 10.7. The molecule has 152 valence electrons. The molecule has 1 saturated heterocycles. The number of nitrogens with zero attached hydrogens (tertiary/aromatic N) is 3. The fourth-order valence-electron chi connectivity index (χ4n) is 3.29. The summed E-state index contributed by atoms with van der Waals surface area (Å²) in [6, 6.07) is 8.15. The number of nitrogens with one attached hydrogen (secondary N) is 1. The molecule has 1 aromatic carbocycles. The van der Waals surface area contributed by atoms with Gasteiger partial charge in [-0.25, -0.2) is 8.42 Å². The maximum absolute atomic E-state index is 12.3. The summed E-state index contributed by atoms with van der Waals surface area (Å²) in [6.07, 6.45) is 0. The summed E-state index contributed by atoms with van der Waals surface area (Å²) in [5.41, 5.74) is 1.14. The van der Waals surface area contributed by atoms with Gasteiger partial charge in [0.05, 0.1) is 23.7 Å². The minimum atomic E-state index is -3.08. The highest BCUT2D eigenvalue weighted by Gasteiger charge is 2.41. The Kier molecular flexibility index (Phi) is 6.75. The molecule has 0 spiro atoms. The molecule has 0 bridgehead atoms. The number of hydrogen-bond acceptors (Lipinski definition) is 5. The minimum Gasteiger partial charge on any atom is -0.497 e. The lowest BCUT2D eigenvalue weighted by atomic mass is 10.1. The quantitative estimate of drug-likeness (QED) is 0.599. The summed E-state index contributed by atoms with van der Waals surface area (Å²) < 4.78 is 29.1. The van der Waals surface area contributed by atoms with E-state index < -0.39 is 14.6 Å². The van der Waals surface area contributed by atoms with Crippen molar-refractivity contribution >= 4 is 15.8 Å². The van der Waals surface area contributed by atoms with Gasteiger partial charge in [-0.3, -0.25) is 4.99 Å². The van der Waals surface area contributed by atoms with Crippen LogP contribution in [0.25, 0.3) is 0 Å². The second-order valence-electron chi connectivity index (χ2n) is 7.68. The number of methoxy groups -OCH3 is 1. The fourth-order valence-corrected chi connectivity index (χ4v) is 4.66. The van der Waals surface area contributed by atoms with Crippen LogP contribution >= 0.6 is 0 Å². The van der Waals surface area contributed by atoms with E-state index in [2.05, 4.69) is 21.3 Å². The first-order valence-electron chi connectivity index (χ1n) is 9.09. The average Bonchev–Trinajstić information content (AvgIpc) is 2.61. The third-order valence-electron chi connectivity index (χ3n) is 5.11. The van der Waals surface area contributed by atoms with Crippen molar-refractivity contribution in [3.05, 3.63) is 29.8 Å². The van der Waals surface area contributed by atoms with Gasteiger partial charge in [0.1, 0.15) is 5.75 Å². The molecule has 1 aromatic rings. The molecule has 0 radical (unpaired) electrons. The predicted molar refractivity (Wildman–Crippen MR) is 110 cm³/mol. The molecular weight excluding hydrogens is 364 g/mol. The summed E-state index contributed by atoms with van der Waals surface area (Å²) in [5, 5.41) is 3.42. The molecule has 1 aliphatic heterocycles. The van der Waals surface area contributed by atoms with Gasteiger partial charge in [-0.2, -0.15) is 0 Å². The topological polar surface area (TPSA) is 74.2 Å². The van der Waals surface area contributed by atoms with Crippen LogP contribution in [0.5, 0.6) is 5.75 Å². The van der Waals surface area contributed by atoms with Crippen molar-refractivity contribution < 1.29 is 13.2 Å². The largest absolute Gasteiger partial charge is 0.497 e. The Hall–Kier alpha value is -1.80. The molecule has 7 nitrogen and oxygen atoms in total. The van der Waals surface area contributed by atoms with Crippen molar-refractivity contribution in [3.63, 3.8) is 0 Å². The van der Waals surface area contributed by atoms with Gasteiger partial charge in [-0.1, -0.05) is 12.1 Å². The van der Waals surface area contributed by atoms with Crippen LogP contribution in [0.2, 0.25) is 0 Å². The van der Waals surface area contributed by atoms with Crippen molar-refractivity contribution in [1.29, 1.82) is 0 Å². The number of aliphatic imine (C=N–C) groups is 1. The number of guanidine groups is 1. The van der Waals surface area contributed by atoms with E-state index in [1.807, 2.05) is 37.2 Å². The van der Waals surface area contributed by atoms with Gasteiger partial charge in [0.15, 0.2) is 15.8 Å². The lowest BCUT2D eigenvalue weighted by Crippen LogP contribution is -2.57. The van der Waals surface area contributed by atoms with Gasteiger partial charge >= 0.3 is 0 Å². The van der Waals surface area contributed by atoms with Gasteiger partial charge < -0.3 is 19.9 Å². The molecule has 1 N–H and O–H groups in total. The highest BCUT2D eigenvalue weighted by Crippen LogP contribution is 2.25. The summed E-state index contributed by atoms with van der Waals surface area (Å²) in [6.45, 7) is 5.09. The predicted octanol–water partition coefficient (Wildman–Crippen LogP) is 1.38. The first kappa shape index (κ1) is 21.5. The average molecular weight is 397 g/mol. The maximum atomic E-state index is 12.3. The Morgan fingerprint density at radius 1 is 1.41 bits per heavy atom. The van der Waals surface area contributed by atoms with E-state index in [4.69, 9.17) is 4.74 Å². The highest BCUT2D eigenvalue weighted by molar-refractivity contribution is 7.92. The number of rotatable bonds is 5. The van der Waals surface area contributed by atoms with Gasteiger partial charge in [0, 0.05) is 26.7 Å². The SMILES string of the molecule is CN=C(NCC(c1cccc(OC)c1)N(C)C)N1CCS(=O)(=O)C(C)(C)C1. The molecule has 27 heavy (non-hydrogen) atoms. The Morgan fingerprint density at radius 2 is 2.11 bits per heavy atom. The van der Waals surface area contributed by atoms with E-state index in [1.165, 1.54) is 0 Å². The van der Waals surface area contributed by atoms with Crippen molar-refractivity contribution in [2.75, 3.05) is 53.6 Å². The molecule has 0 amide bonds. The molecule has 2 rings (SSSR count). The third-order valence-corrected chi connectivity index (χ3v) is 7.64. The minimum absolute atomic E-state index is 0.124. The van der Waals surface area contributed by atoms with E-state index in [0.29, 0.717) is 19.6 Å². The molecule has 0 saturated carbocycles. The van der Waals surface area contributed by atoms with Gasteiger partial charge in [0.2, 0.25) is 0 Å². The highest BCUT2D eigenvalue weighted by atomic mass is 32.2. The van der Waals surface area contributed by atoms with E-state index in [1.54, 1.807) is 28.0 Å². The van der Waals surface area contributed by atoms with Crippen molar-refractivity contribution in [1.82, 2.24) is 15.1 Å². The van der Waals surface area contributed by atoms with E-state index in [9.17, 15) is 8.42 Å². The Morgan fingerprint density at radius 3 is 2.67 bits per heavy atom. The monoisotopic (exact) mass is 396 g/mol. The molecule has 1 unspecified atom stereocenters. The summed E-state index contributed by atoms with van der Waals surface area (Å²) in [7, 11) is 4.38. The normalized spacial score (nSPS) is 20.4. The maximum Gasteiger partial charge on any atom is 0.193 e. The summed E-state index contributed by atoms with van der Waals surface area (Å²) in [5.74, 6) is 1.70. The van der Waals surface area contributed by atoms with Gasteiger partial charge in [0.25, 0.3) is 0 Å². The van der Waals surface area contributed by atoms with Gasteiger partial charge in [-0.05, 0) is 45.6 Å². The van der Waals surface area contributed by atoms with E-state index in [0.717, 1.165) is 17.3 Å². The Balaban J connectivity index is 2.11. The molecule has 1 atom stereocenters. The number of sulfone groups is 1. The molecule has 1 aliphatic rings. The first-order chi connectivity index (χ1) is 12.6. The molecule has 8 heteroatoms. The molecule has 1 fully saturated rings. The fraction of sp³-hybridized carbons (Fsp3) is 0.632. The van der Waals surface area contributed by atoms with Crippen LogP contribution in [0.1, 0.15) is 25.5 Å². The van der Waals surface area contributed by atoms with E-state index in [-0.39, 0.29) is 11.8 Å². The van der Waals surface area contributed by atoms with Crippen LogP contribution in [0, 0.1) is 0 Å². The third kappa shape index (κ3) is 4.93. The van der Waals surface area contributed by atoms with Crippen LogP contribution in [-0.2, 0) is 9.84 Å².